The molecule has 2 aromatic carbocycles. The largest absolute Gasteiger partial charge is 0.464 e. The summed E-state index contributed by atoms with van der Waals surface area (Å²) in [5.41, 5.74) is 2.16. The van der Waals surface area contributed by atoms with Crippen molar-refractivity contribution in [1.82, 2.24) is 0 Å². The molecule has 5 nitrogen and oxygen atoms in total. The average molecular weight is 401 g/mol. The van der Waals surface area contributed by atoms with Gasteiger partial charge in [0.15, 0.2) is 0 Å². The number of carbonyl (C=O) groups excluding carboxylic acids is 2. The van der Waals surface area contributed by atoms with Crippen molar-refractivity contribution in [2.75, 3.05) is 23.4 Å². The van der Waals surface area contributed by atoms with Crippen LogP contribution in [0.1, 0.15) is 32.3 Å². The van der Waals surface area contributed by atoms with Crippen molar-refractivity contribution >= 4 is 34.9 Å². The quantitative estimate of drug-likeness (QED) is 0.698. The van der Waals surface area contributed by atoms with Gasteiger partial charge in [0.05, 0.1) is 17.9 Å². The number of anilines is 2. The van der Waals surface area contributed by atoms with E-state index in [1.165, 1.54) is 0 Å². The number of hydrogen-bond acceptors (Lipinski definition) is 4. The normalized spacial score (nSPS) is 15.0. The number of aryl methyl sites for hydroxylation is 1. The number of ether oxygens (including phenoxy) is 1. The van der Waals surface area contributed by atoms with Gasteiger partial charge in [0, 0.05) is 11.4 Å². The number of carbonyl (C=O) groups is 2. The molecule has 0 atom stereocenters. The number of hydrogen-bond donors (Lipinski definition) is 1. The number of nitrogens with zero attached hydrogens (tertiary/aromatic N) is 1. The molecule has 2 aromatic rings. The van der Waals surface area contributed by atoms with Gasteiger partial charge in [-0.25, -0.2) is 0 Å². The van der Waals surface area contributed by atoms with Crippen molar-refractivity contribution in [1.29, 1.82) is 0 Å². The zero-order valence-corrected chi connectivity index (χ0v) is 17.0. The molecule has 6 heteroatoms. The van der Waals surface area contributed by atoms with Gasteiger partial charge >= 0.3 is 5.97 Å². The average Bonchev–Trinajstić information content (AvgIpc) is 2.66. The van der Waals surface area contributed by atoms with Crippen LogP contribution in [0.25, 0.3) is 0 Å². The van der Waals surface area contributed by atoms with Crippen LogP contribution in [0, 0.1) is 0 Å². The standard InChI is InChI=1S/C22H25ClN2O3/c1-22(2)21(27)25(19-8-4-3-7-18(19)24-22)14-15-28-20(26)9-5-6-16-10-12-17(23)13-11-16/h3-4,7-8,10-13,24H,5-6,9,14-15H2,1-2H3. The van der Waals surface area contributed by atoms with Crippen LogP contribution in [0.3, 0.4) is 0 Å². The van der Waals surface area contributed by atoms with Crippen molar-refractivity contribution in [2.24, 2.45) is 0 Å². The van der Waals surface area contributed by atoms with Gasteiger partial charge in [0.25, 0.3) is 5.91 Å². The molecule has 1 aliphatic heterocycles. The van der Waals surface area contributed by atoms with Crippen LogP contribution in [-0.2, 0) is 20.7 Å². The lowest BCUT2D eigenvalue weighted by Gasteiger charge is -2.39. The predicted molar refractivity (Wildman–Crippen MR) is 112 cm³/mol. The van der Waals surface area contributed by atoms with Crippen LogP contribution < -0.4 is 10.2 Å². The van der Waals surface area contributed by atoms with Crippen molar-refractivity contribution in [3.63, 3.8) is 0 Å². The molecule has 1 heterocycles. The minimum Gasteiger partial charge on any atom is -0.464 e. The molecule has 0 fully saturated rings. The summed E-state index contributed by atoms with van der Waals surface area (Å²) in [4.78, 5) is 26.5. The molecule has 0 radical (unpaired) electrons. The van der Waals surface area contributed by atoms with Crippen molar-refractivity contribution < 1.29 is 14.3 Å². The lowest BCUT2D eigenvalue weighted by molar-refractivity contribution is -0.143. The van der Waals surface area contributed by atoms with Crippen molar-refractivity contribution in [3.8, 4) is 0 Å². The Morgan fingerprint density at radius 1 is 1.14 bits per heavy atom. The zero-order valence-electron chi connectivity index (χ0n) is 16.2. The Morgan fingerprint density at radius 2 is 1.86 bits per heavy atom. The summed E-state index contributed by atoms with van der Waals surface area (Å²) < 4.78 is 5.36. The van der Waals surface area contributed by atoms with Crippen molar-refractivity contribution in [2.45, 2.75) is 38.6 Å². The fraction of sp³-hybridized carbons (Fsp3) is 0.364. The highest BCUT2D eigenvalue weighted by atomic mass is 35.5. The maximum atomic E-state index is 12.8. The molecule has 1 N–H and O–H groups in total. The van der Waals surface area contributed by atoms with Crippen LogP contribution in [-0.4, -0.2) is 30.6 Å². The van der Waals surface area contributed by atoms with Crippen LogP contribution >= 0.6 is 11.6 Å². The van der Waals surface area contributed by atoms with E-state index < -0.39 is 5.54 Å². The van der Waals surface area contributed by atoms with E-state index in [0.717, 1.165) is 23.4 Å². The van der Waals surface area contributed by atoms with Gasteiger partial charge in [-0.2, -0.15) is 0 Å². The van der Waals surface area contributed by atoms with Gasteiger partial charge in [-0.1, -0.05) is 35.9 Å². The number of para-hydroxylation sites is 2. The monoisotopic (exact) mass is 400 g/mol. The molecule has 0 aromatic heterocycles. The molecule has 28 heavy (non-hydrogen) atoms. The Labute approximate surface area is 170 Å². The molecular formula is C22H25ClN2O3. The minimum atomic E-state index is -0.697. The highest BCUT2D eigenvalue weighted by molar-refractivity contribution is 6.30. The van der Waals surface area contributed by atoms with E-state index in [1.807, 2.05) is 62.4 Å². The topological polar surface area (TPSA) is 58.6 Å². The second-order valence-electron chi connectivity index (χ2n) is 7.42. The lowest BCUT2D eigenvalue weighted by Crippen LogP contribution is -2.54. The van der Waals surface area contributed by atoms with Gasteiger partial charge < -0.3 is 15.0 Å². The summed E-state index contributed by atoms with van der Waals surface area (Å²) in [5, 5.41) is 3.96. The summed E-state index contributed by atoms with van der Waals surface area (Å²) in [5.74, 6) is -0.283. The number of benzene rings is 2. The molecule has 1 amide bonds. The first-order chi connectivity index (χ1) is 13.4. The molecule has 0 saturated heterocycles. The minimum absolute atomic E-state index is 0.0370. The third-order valence-electron chi connectivity index (χ3n) is 4.76. The van der Waals surface area contributed by atoms with Gasteiger partial charge in [0.1, 0.15) is 12.1 Å². The number of halogens is 1. The van der Waals surface area contributed by atoms with E-state index in [0.29, 0.717) is 24.4 Å². The number of rotatable bonds is 7. The third-order valence-corrected chi connectivity index (χ3v) is 5.01. The van der Waals surface area contributed by atoms with Gasteiger partial charge in [-0.05, 0) is 56.5 Å². The molecule has 0 bridgehead atoms. The fourth-order valence-corrected chi connectivity index (χ4v) is 3.41. The van der Waals surface area contributed by atoms with Crippen LogP contribution in [0.2, 0.25) is 5.02 Å². The van der Waals surface area contributed by atoms with Gasteiger partial charge in [-0.15, -0.1) is 0 Å². The van der Waals surface area contributed by atoms with Crippen LogP contribution in [0.5, 0.6) is 0 Å². The summed E-state index contributed by atoms with van der Waals surface area (Å²) in [6, 6.07) is 15.3. The Kier molecular flexibility index (Phi) is 6.25. The second-order valence-corrected chi connectivity index (χ2v) is 7.86. The van der Waals surface area contributed by atoms with Crippen molar-refractivity contribution in [3.05, 3.63) is 59.1 Å². The lowest BCUT2D eigenvalue weighted by atomic mass is 9.98. The number of amides is 1. The summed E-state index contributed by atoms with van der Waals surface area (Å²) in [6.45, 7) is 4.21. The maximum Gasteiger partial charge on any atom is 0.305 e. The SMILES string of the molecule is CC1(C)Nc2ccccc2N(CCOC(=O)CCCc2ccc(Cl)cc2)C1=O. The van der Waals surface area contributed by atoms with E-state index in [2.05, 4.69) is 5.32 Å². The van der Waals surface area contributed by atoms with Crippen LogP contribution in [0.4, 0.5) is 11.4 Å². The molecule has 0 spiro atoms. The fourth-order valence-electron chi connectivity index (χ4n) is 3.28. The van der Waals surface area contributed by atoms with E-state index in [-0.39, 0.29) is 18.5 Å². The number of esters is 1. The van der Waals surface area contributed by atoms with Gasteiger partial charge in [-0.3, -0.25) is 9.59 Å². The first-order valence-corrected chi connectivity index (χ1v) is 9.84. The molecule has 0 unspecified atom stereocenters. The molecule has 3 rings (SSSR count). The summed E-state index contributed by atoms with van der Waals surface area (Å²) in [7, 11) is 0. The number of fused-ring (bicyclic) bond motifs is 1. The summed E-state index contributed by atoms with van der Waals surface area (Å²) >= 11 is 5.87. The van der Waals surface area contributed by atoms with E-state index in [1.54, 1.807) is 4.90 Å². The van der Waals surface area contributed by atoms with Crippen LogP contribution in [0.15, 0.2) is 48.5 Å². The van der Waals surface area contributed by atoms with E-state index in [9.17, 15) is 9.59 Å². The number of nitrogens with one attached hydrogen (secondary N) is 1. The molecule has 148 valence electrons. The Hall–Kier alpha value is -2.53. The highest BCUT2D eigenvalue weighted by Gasteiger charge is 2.38. The zero-order chi connectivity index (χ0) is 20.1. The molecule has 0 saturated carbocycles. The molecule has 0 aliphatic carbocycles. The maximum absolute atomic E-state index is 12.8. The first kappa shape index (κ1) is 20.2. The molecule has 1 aliphatic rings. The Morgan fingerprint density at radius 3 is 2.61 bits per heavy atom. The van der Waals surface area contributed by atoms with E-state index in [4.69, 9.17) is 16.3 Å². The second kappa shape index (κ2) is 8.65. The highest BCUT2D eigenvalue weighted by Crippen LogP contribution is 2.34. The van der Waals surface area contributed by atoms with E-state index >= 15 is 0 Å². The Bertz CT molecular complexity index is 849. The first-order valence-electron chi connectivity index (χ1n) is 9.46. The third kappa shape index (κ3) is 4.84. The predicted octanol–water partition coefficient (Wildman–Crippen LogP) is 4.44. The summed E-state index contributed by atoms with van der Waals surface area (Å²) in [6.07, 6.45) is 1.85. The Balaban J connectivity index is 1.48. The smallest absolute Gasteiger partial charge is 0.305 e. The molecular weight excluding hydrogens is 376 g/mol. The van der Waals surface area contributed by atoms with Gasteiger partial charge in [0.2, 0.25) is 0 Å².